The fraction of sp³-hybridized carbons (Fsp3) is 0.500. The minimum Gasteiger partial charge on any atom is -0.227 e. The van der Waals surface area contributed by atoms with Crippen LogP contribution in [0.4, 0.5) is 0 Å². The molecule has 0 aliphatic heterocycles. The van der Waals surface area contributed by atoms with Gasteiger partial charge in [-0.15, -0.1) is 0 Å². The van der Waals surface area contributed by atoms with Crippen molar-refractivity contribution in [1.82, 2.24) is 0 Å². The van der Waals surface area contributed by atoms with Crippen LogP contribution in [0.15, 0.2) is 24.3 Å². The third kappa shape index (κ3) is 2.59. The molecule has 1 radical (unpaired) electrons. The van der Waals surface area contributed by atoms with Crippen LogP contribution < -0.4 is 0 Å². The fourth-order valence-corrected chi connectivity index (χ4v) is 3.17. The first-order valence-corrected chi connectivity index (χ1v) is 7.32. The number of hydrogen-bond acceptors (Lipinski definition) is 0. The normalized spacial score (nSPS) is 24.8. The summed E-state index contributed by atoms with van der Waals surface area (Å²) in [4.78, 5) is 0. The van der Waals surface area contributed by atoms with Crippen molar-refractivity contribution in [2.45, 2.75) is 27.1 Å². The van der Waals surface area contributed by atoms with Crippen LogP contribution in [0.5, 0.6) is 0 Å². The highest BCUT2D eigenvalue weighted by molar-refractivity contribution is 6.75. The zero-order valence-corrected chi connectivity index (χ0v) is 13.0. The Morgan fingerprint density at radius 3 is 2.28 bits per heavy atom. The molecule has 0 spiro atoms. The van der Waals surface area contributed by atoms with Gasteiger partial charge in [0.15, 0.2) is 4.33 Å². The lowest BCUT2D eigenvalue weighted by Crippen LogP contribution is -2.43. The number of hydrogen-bond donors (Lipinski definition) is 0. The van der Waals surface area contributed by atoms with E-state index in [0.29, 0.717) is 18.4 Å². The van der Waals surface area contributed by atoms with Crippen LogP contribution in [-0.2, 0) is 11.5 Å². The van der Waals surface area contributed by atoms with Crippen molar-refractivity contribution >= 4 is 58.0 Å². The molecule has 0 fully saturated rings. The number of alkyl halides is 5. The fourth-order valence-electron chi connectivity index (χ4n) is 2.30. The van der Waals surface area contributed by atoms with Crippen LogP contribution in [0, 0.1) is 5.92 Å². The number of aryl methyl sites for hydroxylation is 1. The molecule has 0 saturated heterocycles. The van der Waals surface area contributed by atoms with Gasteiger partial charge in [0.25, 0.3) is 0 Å². The number of halogens is 5. The predicted molar refractivity (Wildman–Crippen MR) is 76.4 cm³/mol. The Morgan fingerprint density at radius 2 is 1.67 bits per heavy atom. The predicted octanol–water partition coefficient (Wildman–Crippen LogP) is 5.26. The Kier molecular flexibility index (Phi) is 4.34. The molecular weight excluding hydrogens is 337 g/mol. The minimum atomic E-state index is -1.89. The molecule has 1 aromatic carbocycles. The van der Waals surface area contributed by atoms with Gasteiger partial charge in [0.2, 0.25) is 3.79 Å². The van der Waals surface area contributed by atoms with Crippen LogP contribution in [0.2, 0.25) is 0 Å². The molecule has 2 atom stereocenters. The number of rotatable bonds is 1. The molecule has 0 heterocycles. The average molecular weight is 347 g/mol. The molecule has 99 valence electrons. The first-order chi connectivity index (χ1) is 8.25. The standard InChI is InChI=1S/C12H10Cl5O/c13-11(14,12(15,16)17)9-6-5-7-3-1-2-4-8(7)10(9)18/h1-4,9-10H,5-6H2. The highest BCUT2D eigenvalue weighted by Crippen LogP contribution is 2.56. The maximum Gasteiger partial charge on any atom is 0.223 e. The molecule has 0 saturated carbocycles. The Balaban J connectivity index is 2.35. The van der Waals surface area contributed by atoms with Gasteiger partial charge in [-0.2, -0.15) is 0 Å². The van der Waals surface area contributed by atoms with Crippen molar-refractivity contribution in [3.8, 4) is 0 Å². The molecule has 1 aromatic rings. The third-order valence-electron chi connectivity index (χ3n) is 3.30. The Labute approximate surface area is 131 Å². The van der Waals surface area contributed by atoms with Crippen molar-refractivity contribution in [3.05, 3.63) is 35.4 Å². The van der Waals surface area contributed by atoms with Crippen LogP contribution >= 0.6 is 58.0 Å². The van der Waals surface area contributed by atoms with Gasteiger partial charge >= 0.3 is 0 Å². The maximum atomic E-state index is 12.4. The van der Waals surface area contributed by atoms with E-state index in [1.165, 1.54) is 0 Å². The van der Waals surface area contributed by atoms with E-state index < -0.39 is 20.1 Å². The van der Waals surface area contributed by atoms with Gasteiger partial charge in [0, 0.05) is 5.92 Å². The number of benzene rings is 1. The van der Waals surface area contributed by atoms with Gasteiger partial charge in [-0.3, -0.25) is 0 Å². The summed E-state index contributed by atoms with van der Waals surface area (Å²) in [7, 11) is 0. The second-order valence-electron chi connectivity index (χ2n) is 4.39. The molecule has 0 bridgehead atoms. The summed E-state index contributed by atoms with van der Waals surface area (Å²) in [5.74, 6) is -0.636. The lowest BCUT2D eigenvalue weighted by Gasteiger charge is -2.40. The first kappa shape index (κ1) is 15.0. The summed E-state index contributed by atoms with van der Waals surface area (Å²) < 4.78 is -3.59. The monoisotopic (exact) mass is 345 g/mol. The van der Waals surface area contributed by atoms with E-state index in [1.807, 2.05) is 18.2 Å². The molecule has 18 heavy (non-hydrogen) atoms. The van der Waals surface area contributed by atoms with Crippen LogP contribution in [0.1, 0.15) is 23.7 Å². The SMILES string of the molecule is [O]C1c2ccccc2CCC1C(Cl)(Cl)C(Cl)(Cl)Cl. The highest BCUT2D eigenvalue weighted by atomic mass is 35.6. The summed E-state index contributed by atoms with van der Waals surface area (Å²) in [5.41, 5.74) is 1.70. The summed E-state index contributed by atoms with van der Waals surface area (Å²) in [6, 6.07) is 7.42. The van der Waals surface area contributed by atoms with Crippen molar-refractivity contribution in [2.75, 3.05) is 0 Å². The maximum absolute atomic E-state index is 12.4. The van der Waals surface area contributed by atoms with Crippen molar-refractivity contribution < 1.29 is 5.11 Å². The third-order valence-corrected chi connectivity index (χ3v) is 5.90. The molecule has 0 aromatic heterocycles. The molecular formula is C12H10Cl5O. The smallest absolute Gasteiger partial charge is 0.223 e. The van der Waals surface area contributed by atoms with E-state index in [2.05, 4.69) is 0 Å². The van der Waals surface area contributed by atoms with E-state index in [0.717, 1.165) is 5.56 Å². The van der Waals surface area contributed by atoms with E-state index in [9.17, 15) is 5.11 Å². The second-order valence-corrected chi connectivity index (χ2v) is 8.05. The quantitative estimate of drug-likeness (QED) is 0.617. The zero-order chi connectivity index (χ0) is 13.6. The largest absolute Gasteiger partial charge is 0.227 e. The van der Waals surface area contributed by atoms with E-state index >= 15 is 0 Å². The molecule has 1 aliphatic carbocycles. The first-order valence-electron chi connectivity index (χ1n) is 5.43. The van der Waals surface area contributed by atoms with Gasteiger partial charge in [-0.05, 0) is 24.0 Å². The lowest BCUT2D eigenvalue weighted by molar-refractivity contribution is 0.0179. The molecule has 6 heteroatoms. The molecule has 0 N–H and O–H groups in total. The van der Waals surface area contributed by atoms with E-state index in [4.69, 9.17) is 58.0 Å². The van der Waals surface area contributed by atoms with Gasteiger partial charge in [-0.25, -0.2) is 5.11 Å². The Morgan fingerprint density at radius 1 is 1.06 bits per heavy atom. The molecule has 2 rings (SSSR count). The van der Waals surface area contributed by atoms with Gasteiger partial charge in [0.05, 0.1) is 0 Å². The van der Waals surface area contributed by atoms with Crippen molar-refractivity contribution in [2.24, 2.45) is 5.92 Å². The van der Waals surface area contributed by atoms with Crippen molar-refractivity contribution in [3.63, 3.8) is 0 Å². The molecule has 1 aliphatic rings. The molecule has 2 unspecified atom stereocenters. The summed E-state index contributed by atoms with van der Waals surface area (Å²) >= 11 is 29.6. The Hall–Kier alpha value is 0.630. The van der Waals surface area contributed by atoms with E-state index in [1.54, 1.807) is 6.07 Å². The lowest BCUT2D eigenvalue weighted by atomic mass is 9.79. The minimum absolute atomic E-state index is 0.506. The average Bonchev–Trinajstić information content (AvgIpc) is 2.28. The summed E-state index contributed by atoms with van der Waals surface area (Å²) in [5, 5.41) is 12.4. The summed E-state index contributed by atoms with van der Waals surface area (Å²) in [6.07, 6.45) is 0.133. The molecule has 0 amide bonds. The van der Waals surface area contributed by atoms with Gasteiger partial charge < -0.3 is 0 Å². The van der Waals surface area contributed by atoms with Crippen LogP contribution in [-0.4, -0.2) is 8.13 Å². The van der Waals surface area contributed by atoms with Gasteiger partial charge in [0.1, 0.15) is 6.10 Å². The van der Waals surface area contributed by atoms with Gasteiger partial charge in [-0.1, -0.05) is 82.3 Å². The topological polar surface area (TPSA) is 19.9 Å². The van der Waals surface area contributed by atoms with Crippen molar-refractivity contribution in [1.29, 1.82) is 0 Å². The second kappa shape index (κ2) is 5.20. The number of fused-ring (bicyclic) bond motifs is 1. The van der Waals surface area contributed by atoms with Crippen LogP contribution in [0.3, 0.4) is 0 Å². The molecule has 1 nitrogen and oxygen atoms in total. The van der Waals surface area contributed by atoms with E-state index in [-0.39, 0.29) is 0 Å². The van der Waals surface area contributed by atoms with Crippen LogP contribution in [0.25, 0.3) is 0 Å². The Bertz CT molecular complexity index is 440. The summed E-state index contributed by atoms with van der Waals surface area (Å²) in [6.45, 7) is 0. The highest BCUT2D eigenvalue weighted by Gasteiger charge is 2.55. The zero-order valence-electron chi connectivity index (χ0n) is 9.18.